The molecule has 1 N–H and O–H groups in total. The van der Waals surface area contributed by atoms with Crippen molar-refractivity contribution in [2.24, 2.45) is 5.92 Å². The molecule has 0 aliphatic rings. The molecule has 0 bridgehead atoms. The molecule has 2 aromatic rings. The highest BCUT2D eigenvalue weighted by atomic mass is 16.1. The zero-order valence-electron chi connectivity index (χ0n) is 16.6. The minimum absolute atomic E-state index is 0.0199. The third kappa shape index (κ3) is 4.50. The van der Waals surface area contributed by atoms with Gasteiger partial charge < -0.3 is 5.32 Å². The molecule has 4 heteroatoms. The third-order valence-electron chi connectivity index (χ3n) is 4.60. The van der Waals surface area contributed by atoms with Gasteiger partial charge in [-0.05, 0) is 43.7 Å². The van der Waals surface area contributed by atoms with Gasteiger partial charge in [0.2, 0.25) is 5.91 Å². The van der Waals surface area contributed by atoms with Gasteiger partial charge in [-0.3, -0.25) is 9.48 Å². The van der Waals surface area contributed by atoms with E-state index >= 15 is 0 Å². The van der Waals surface area contributed by atoms with Crippen LogP contribution >= 0.6 is 0 Å². The van der Waals surface area contributed by atoms with Crippen molar-refractivity contribution in [1.29, 1.82) is 0 Å². The van der Waals surface area contributed by atoms with Gasteiger partial charge in [-0.25, -0.2) is 0 Å². The maximum Gasteiger partial charge on any atom is 0.228 e. The maximum atomic E-state index is 12.7. The Hall–Kier alpha value is -2.10. The molecule has 0 aliphatic carbocycles. The summed E-state index contributed by atoms with van der Waals surface area (Å²) in [5, 5.41) is 7.75. The van der Waals surface area contributed by atoms with Crippen LogP contribution in [0.25, 0.3) is 0 Å². The number of benzene rings is 1. The zero-order valence-corrected chi connectivity index (χ0v) is 16.6. The molecule has 4 nitrogen and oxygen atoms in total. The first-order chi connectivity index (χ1) is 11.7. The number of rotatable bonds is 6. The number of para-hydroxylation sites is 1. The molecule has 1 amide bonds. The predicted molar refractivity (Wildman–Crippen MR) is 104 cm³/mol. The molecule has 0 atom stereocenters. The first kappa shape index (κ1) is 19.2. The van der Waals surface area contributed by atoms with Gasteiger partial charge in [-0.15, -0.1) is 0 Å². The number of hydrogen-bond donors (Lipinski definition) is 1. The maximum absolute atomic E-state index is 12.7. The Bertz CT molecular complexity index is 757. The molecule has 1 aromatic carbocycles. The van der Waals surface area contributed by atoms with Crippen molar-refractivity contribution in [3.8, 4) is 0 Å². The lowest BCUT2D eigenvalue weighted by molar-refractivity contribution is -0.115. The first-order valence-corrected chi connectivity index (χ1v) is 9.13. The number of anilines is 1. The van der Waals surface area contributed by atoms with Gasteiger partial charge >= 0.3 is 0 Å². The van der Waals surface area contributed by atoms with E-state index in [1.807, 2.05) is 30.7 Å². The summed E-state index contributed by atoms with van der Waals surface area (Å²) in [5.41, 5.74) is 6.31. The van der Waals surface area contributed by atoms with Crippen molar-refractivity contribution in [2.75, 3.05) is 5.32 Å². The Morgan fingerprint density at radius 3 is 2.44 bits per heavy atom. The number of nitrogens with zero attached hydrogens (tertiary/aromatic N) is 2. The predicted octanol–water partition coefficient (Wildman–Crippen LogP) is 4.77. The van der Waals surface area contributed by atoms with Crippen LogP contribution in [0, 0.1) is 26.7 Å². The molecule has 0 saturated heterocycles. The number of aromatic nitrogens is 2. The summed E-state index contributed by atoms with van der Waals surface area (Å²) in [5.74, 6) is 0.916. The second kappa shape index (κ2) is 7.85. The van der Waals surface area contributed by atoms with Gasteiger partial charge in [0, 0.05) is 23.5 Å². The highest BCUT2D eigenvalue weighted by molar-refractivity contribution is 5.94. The summed E-state index contributed by atoms with van der Waals surface area (Å²) in [6.07, 6.45) is 0.363. The fraction of sp³-hybridized carbons (Fsp3) is 0.524. The fourth-order valence-electron chi connectivity index (χ4n) is 3.20. The number of carbonyl (C=O) groups excluding carboxylic acids is 1. The van der Waals surface area contributed by atoms with Gasteiger partial charge in [0.25, 0.3) is 0 Å². The lowest BCUT2D eigenvalue weighted by atomic mass is 9.98. The molecule has 136 valence electrons. The standard InChI is InChI=1S/C21H31N3O/c1-13(2)12-24-17(7)19(16(6)23-24)11-20(25)22-21-15(5)9-8-10-18(21)14(3)4/h8-10,13-14H,11-12H2,1-7H3,(H,22,25). The Kier molecular flexibility index (Phi) is 6.04. The van der Waals surface area contributed by atoms with E-state index in [9.17, 15) is 4.79 Å². The molecule has 1 aromatic heterocycles. The van der Waals surface area contributed by atoms with Crippen LogP contribution in [0.5, 0.6) is 0 Å². The summed E-state index contributed by atoms with van der Waals surface area (Å²) in [7, 11) is 0. The van der Waals surface area contributed by atoms with E-state index in [1.54, 1.807) is 0 Å². The van der Waals surface area contributed by atoms with Crippen LogP contribution in [-0.4, -0.2) is 15.7 Å². The van der Waals surface area contributed by atoms with Gasteiger partial charge in [0.05, 0.1) is 12.1 Å². The Labute approximate surface area is 151 Å². The molecule has 0 fully saturated rings. The number of aryl methyl sites for hydroxylation is 2. The average molecular weight is 341 g/mol. The highest BCUT2D eigenvalue weighted by Gasteiger charge is 2.17. The second-order valence-corrected chi connectivity index (χ2v) is 7.64. The van der Waals surface area contributed by atoms with Crippen LogP contribution < -0.4 is 5.32 Å². The Morgan fingerprint density at radius 1 is 1.16 bits per heavy atom. The summed E-state index contributed by atoms with van der Waals surface area (Å²) >= 11 is 0. The number of carbonyl (C=O) groups is 1. The lowest BCUT2D eigenvalue weighted by Crippen LogP contribution is -2.18. The van der Waals surface area contributed by atoms with Crippen LogP contribution in [-0.2, 0) is 17.8 Å². The summed E-state index contributed by atoms with van der Waals surface area (Å²) in [6.45, 7) is 15.6. The van der Waals surface area contributed by atoms with E-state index in [2.05, 4.69) is 51.1 Å². The molecule has 25 heavy (non-hydrogen) atoms. The molecule has 2 rings (SSSR count). The number of amides is 1. The minimum atomic E-state index is 0.0199. The van der Waals surface area contributed by atoms with Crippen LogP contribution in [0.2, 0.25) is 0 Å². The fourth-order valence-corrected chi connectivity index (χ4v) is 3.20. The molecule has 0 unspecified atom stereocenters. The van der Waals surface area contributed by atoms with E-state index in [-0.39, 0.29) is 5.91 Å². The smallest absolute Gasteiger partial charge is 0.228 e. The topological polar surface area (TPSA) is 46.9 Å². The molecule has 0 aliphatic heterocycles. The van der Waals surface area contributed by atoms with Crippen molar-refractivity contribution >= 4 is 11.6 Å². The van der Waals surface area contributed by atoms with E-state index in [4.69, 9.17) is 0 Å². The highest BCUT2D eigenvalue weighted by Crippen LogP contribution is 2.27. The van der Waals surface area contributed by atoms with Crippen LogP contribution in [0.1, 0.15) is 61.7 Å². The van der Waals surface area contributed by atoms with E-state index in [0.29, 0.717) is 18.3 Å². The Balaban J connectivity index is 2.21. The van der Waals surface area contributed by atoms with Crippen LogP contribution in [0.4, 0.5) is 5.69 Å². The first-order valence-electron chi connectivity index (χ1n) is 9.13. The summed E-state index contributed by atoms with van der Waals surface area (Å²) in [6, 6.07) is 6.17. The van der Waals surface area contributed by atoms with E-state index < -0.39 is 0 Å². The van der Waals surface area contributed by atoms with Gasteiger partial charge in [0.15, 0.2) is 0 Å². The quantitative estimate of drug-likeness (QED) is 0.823. The Morgan fingerprint density at radius 2 is 1.84 bits per heavy atom. The summed E-state index contributed by atoms with van der Waals surface area (Å²) in [4.78, 5) is 12.7. The largest absolute Gasteiger partial charge is 0.325 e. The van der Waals surface area contributed by atoms with Crippen LogP contribution in [0.15, 0.2) is 18.2 Å². The lowest BCUT2D eigenvalue weighted by Gasteiger charge is -2.16. The number of hydrogen-bond acceptors (Lipinski definition) is 2. The van der Waals surface area contributed by atoms with Gasteiger partial charge in [-0.2, -0.15) is 5.10 Å². The molecule has 0 spiro atoms. The van der Waals surface area contributed by atoms with Crippen molar-refractivity contribution < 1.29 is 4.79 Å². The minimum Gasteiger partial charge on any atom is -0.325 e. The second-order valence-electron chi connectivity index (χ2n) is 7.64. The van der Waals surface area contributed by atoms with Crippen molar-refractivity contribution in [3.63, 3.8) is 0 Å². The molecular formula is C21H31N3O. The molecule has 0 saturated carbocycles. The van der Waals surface area contributed by atoms with Crippen molar-refractivity contribution in [1.82, 2.24) is 9.78 Å². The van der Waals surface area contributed by atoms with E-state index in [0.717, 1.165) is 34.7 Å². The van der Waals surface area contributed by atoms with Gasteiger partial charge in [0.1, 0.15) is 0 Å². The SMILES string of the molecule is Cc1cccc(C(C)C)c1NC(=O)Cc1c(C)nn(CC(C)C)c1C. The van der Waals surface area contributed by atoms with Crippen LogP contribution in [0.3, 0.4) is 0 Å². The normalized spacial score (nSPS) is 11.4. The number of nitrogens with one attached hydrogen (secondary N) is 1. The van der Waals surface area contributed by atoms with Gasteiger partial charge in [-0.1, -0.05) is 45.9 Å². The third-order valence-corrected chi connectivity index (χ3v) is 4.60. The molecule has 1 heterocycles. The molecular weight excluding hydrogens is 310 g/mol. The van der Waals surface area contributed by atoms with Crippen molar-refractivity contribution in [2.45, 2.75) is 67.3 Å². The monoisotopic (exact) mass is 341 g/mol. The van der Waals surface area contributed by atoms with E-state index in [1.165, 1.54) is 5.56 Å². The van der Waals surface area contributed by atoms with Crippen molar-refractivity contribution in [3.05, 3.63) is 46.3 Å². The summed E-state index contributed by atoms with van der Waals surface area (Å²) < 4.78 is 2.02. The zero-order chi connectivity index (χ0) is 18.7. The average Bonchev–Trinajstić information content (AvgIpc) is 2.76. The molecule has 0 radical (unpaired) electrons.